The third-order valence-corrected chi connectivity index (χ3v) is 4.71. The first kappa shape index (κ1) is 19.3. The molecule has 0 unspecified atom stereocenters. The maximum absolute atomic E-state index is 13.0. The molecule has 0 radical (unpaired) electrons. The van der Waals surface area contributed by atoms with E-state index < -0.39 is 0 Å². The molecule has 0 aliphatic carbocycles. The van der Waals surface area contributed by atoms with Gasteiger partial charge in [-0.15, -0.1) is 0 Å². The van der Waals surface area contributed by atoms with Crippen LogP contribution in [0.25, 0.3) is 0 Å². The van der Waals surface area contributed by atoms with Crippen molar-refractivity contribution in [3.05, 3.63) is 58.5 Å². The fourth-order valence-corrected chi connectivity index (χ4v) is 3.22. The quantitative estimate of drug-likeness (QED) is 0.875. The molecule has 27 heavy (non-hydrogen) atoms. The van der Waals surface area contributed by atoms with Gasteiger partial charge in [-0.2, -0.15) is 0 Å². The molecule has 1 fully saturated rings. The average Bonchev–Trinajstić information content (AvgIpc) is 2.67. The summed E-state index contributed by atoms with van der Waals surface area (Å²) in [5.41, 5.74) is 3.19. The molecule has 6 heteroatoms. The molecule has 0 spiro atoms. The Balaban J connectivity index is 1.82. The van der Waals surface area contributed by atoms with Crippen molar-refractivity contribution in [2.45, 2.75) is 33.2 Å². The number of benzene rings is 1. The molecule has 0 atom stereocenters. The number of rotatable bonds is 5. The zero-order valence-electron chi connectivity index (χ0n) is 16.1. The van der Waals surface area contributed by atoms with Crippen LogP contribution in [-0.4, -0.2) is 37.2 Å². The number of carbonyl (C=O) groups excluding carboxylic acids is 1. The van der Waals surface area contributed by atoms with Gasteiger partial charge in [0, 0.05) is 19.6 Å². The van der Waals surface area contributed by atoms with Crippen LogP contribution in [0.5, 0.6) is 0 Å². The van der Waals surface area contributed by atoms with Crippen LogP contribution >= 0.6 is 0 Å². The van der Waals surface area contributed by atoms with E-state index in [1.165, 1.54) is 12.1 Å². The van der Waals surface area contributed by atoms with Gasteiger partial charge in [0.2, 0.25) is 0 Å². The molecular formula is C21H26FN3O2. The summed E-state index contributed by atoms with van der Waals surface area (Å²) < 4.78 is 18.4. The highest BCUT2D eigenvalue weighted by molar-refractivity contribution is 5.97. The molecule has 1 aliphatic rings. The van der Waals surface area contributed by atoms with Crippen molar-refractivity contribution < 1.29 is 13.9 Å². The van der Waals surface area contributed by atoms with Gasteiger partial charge in [-0.05, 0) is 42.2 Å². The smallest absolute Gasteiger partial charge is 0.253 e. The Morgan fingerprint density at radius 1 is 1.26 bits per heavy atom. The summed E-state index contributed by atoms with van der Waals surface area (Å²) in [4.78, 5) is 19.9. The highest BCUT2D eigenvalue weighted by Gasteiger charge is 2.22. The fourth-order valence-electron chi connectivity index (χ4n) is 3.22. The lowest BCUT2D eigenvalue weighted by Crippen LogP contribution is -2.37. The molecule has 1 aromatic heterocycles. The number of hydrogen-bond acceptors (Lipinski definition) is 4. The molecule has 1 N–H and O–H groups in total. The topological polar surface area (TPSA) is 54.5 Å². The summed E-state index contributed by atoms with van der Waals surface area (Å²) in [6, 6.07) is 8.11. The first-order chi connectivity index (χ1) is 13.0. The highest BCUT2D eigenvalue weighted by Crippen LogP contribution is 2.26. The number of aryl methyl sites for hydroxylation is 1. The van der Waals surface area contributed by atoms with E-state index in [0.29, 0.717) is 25.3 Å². The van der Waals surface area contributed by atoms with Gasteiger partial charge >= 0.3 is 0 Å². The van der Waals surface area contributed by atoms with E-state index in [9.17, 15) is 9.18 Å². The summed E-state index contributed by atoms with van der Waals surface area (Å²) in [6.45, 7) is 9.38. The molecule has 0 bridgehead atoms. The molecular weight excluding hydrogens is 345 g/mol. The maximum Gasteiger partial charge on any atom is 0.253 e. The number of ether oxygens (including phenoxy) is 1. The number of anilines is 1. The van der Waals surface area contributed by atoms with Crippen LogP contribution in [0.4, 0.5) is 10.2 Å². The number of halogens is 1. The third kappa shape index (κ3) is 4.63. The minimum absolute atomic E-state index is 0.122. The Kier molecular flexibility index (Phi) is 6.06. The summed E-state index contributed by atoms with van der Waals surface area (Å²) in [5.74, 6) is 0.582. The summed E-state index contributed by atoms with van der Waals surface area (Å²) in [6.07, 6.45) is 0. The van der Waals surface area contributed by atoms with Gasteiger partial charge in [0.05, 0.1) is 24.5 Å². The van der Waals surface area contributed by atoms with Crippen LogP contribution in [-0.2, 0) is 11.3 Å². The van der Waals surface area contributed by atoms with E-state index in [-0.39, 0.29) is 17.6 Å². The van der Waals surface area contributed by atoms with Gasteiger partial charge in [-0.25, -0.2) is 9.37 Å². The molecule has 5 nitrogen and oxygen atoms in total. The monoisotopic (exact) mass is 371 g/mol. The highest BCUT2D eigenvalue weighted by atomic mass is 19.1. The lowest BCUT2D eigenvalue weighted by Gasteiger charge is -2.29. The van der Waals surface area contributed by atoms with Crippen molar-refractivity contribution in [2.75, 3.05) is 31.2 Å². The molecule has 2 aromatic rings. The second-order valence-electron chi connectivity index (χ2n) is 7.12. The van der Waals surface area contributed by atoms with Crippen LogP contribution in [0.2, 0.25) is 0 Å². The number of pyridine rings is 1. The number of nitrogens with zero attached hydrogens (tertiary/aromatic N) is 2. The SMILES string of the molecule is Cc1cc(N2CCOCC2)nc(C(C)C)c1C(=O)NCc1ccc(F)cc1. The van der Waals surface area contributed by atoms with Gasteiger partial charge in [-0.1, -0.05) is 26.0 Å². The zero-order valence-corrected chi connectivity index (χ0v) is 16.1. The number of nitrogens with one attached hydrogen (secondary N) is 1. The predicted octanol–water partition coefficient (Wildman–Crippen LogP) is 3.42. The van der Waals surface area contributed by atoms with Crippen LogP contribution < -0.4 is 10.2 Å². The molecule has 1 aliphatic heterocycles. The molecule has 1 amide bonds. The van der Waals surface area contributed by atoms with Crippen LogP contribution in [0.1, 0.15) is 46.9 Å². The van der Waals surface area contributed by atoms with Crippen molar-refractivity contribution in [3.8, 4) is 0 Å². The van der Waals surface area contributed by atoms with Crippen molar-refractivity contribution in [1.82, 2.24) is 10.3 Å². The van der Waals surface area contributed by atoms with Crippen molar-refractivity contribution >= 4 is 11.7 Å². The average molecular weight is 371 g/mol. The fraction of sp³-hybridized carbons (Fsp3) is 0.429. The number of carbonyl (C=O) groups is 1. The van der Waals surface area contributed by atoms with E-state index >= 15 is 0 Å². The maximum atomic E-state index is 13.0. The Hall–Kier alpha value is -2.47. The Bertz CT molecular complexity index is 800. The second kappa shape index (κ2) is 8.48. The van der Waals surface area contributed by atoms with Crippen molar-refractivity contribution in [1.29, 1.82) is 0 Å². The third-order valence-electron chi connectivity index (χ3n) is 4.71. The van der Waals surface area contributed by atoms with Gasteiger partial charge in [0.25, 0.3) is 5.91 Å². The zero-order chi connectivity index (χ0) is 19.4. The van der Waals surface area contributed by atoms with E-state index in [1.54, 1.807) is 12.1 Å². The predicted molar refractivity (Wildman–Crippen MR) is 104 cm³/mol. The molecule has 2 heterocycles. The first-order valence-corrected chi connectivity index (χ1v) is 9.32. The van der Waals surface area contributed by atoms with Crippen LogP contribution in [0.15, 0.2) is 30.3 Å². The normalized spacial score (nSPS) is 14.5. The standard InChI is InChI=1S/C21H26FN3O2/c1-14(2)20-19(21(26)23-13-16-4-6-17(22)7-5-16)15(3)12-18(24-20)25-8-10-27-11-9-25/h4-7,12,14H,8-11,13H2,1-3H3,(H,23,26). The van der Waals surface area contributed by atoms with E-state index in [1.807, 2.05) is 26.8 Å². The molecule has 144 valence electrons. The van der Waals surface area contributed by atoms with E-state index in [2.05, 4.69) is 10.2 Å². The first-order valence-electron chi connectivity index (χ1n) is 9.32. The second-order valence-corrected chi connectivity index (χ2v) is 7.12. The Labute approximate surface area is 159 Å². The number of hydrogen-bond donors (Lipinski definition) is 1. The molecule has 3 rings (SSSR count). The minimum atomic E-state index is -0.286. The number of morpholine rings is 1. The minimum Gasteiger partial charge on any atom is -0.378 e. The van der Waals surface area contributed by atoms with Gasteiger partial charge < -0.3 is 15.0 Å². The largest absolute Gasteiger partial charge is 0.378 e. The van der Waals surface area contributed by atoms with E-state index in [4.69, 9.17) is 9.72 Å². The Morgan fingerprint density at radius 2 is 1.93 bits per heavy atom. The number of amides is 1. The lowest BCUT2D eigenvalue weighted by atomic mass is 9.98. The molecule has 0 saturated carbocycles. The molecule has 1 aromatic carbocycles. The van der Waals surface area contributed by atoms with Crippen molar-refractivity contribution in [2.24, 2.45) is 0 Å². The summed E-state index contributed by atoms with van der Waals surface area (Å²) in [5, 5.41) is 2.93. The number of aromatic nitrogens is 1. The van der Waals surface area contributed by atoms with E-state index in [0.717, 1.165) is 35.7 Å². The molecule has 1 saturated heterocycles. The lowest BCUT2D eigenvalue weighted by molar-refractivity contribution is 0.0948. The Morgan fingerprint density at radius 3 is 2.56 bits per heavy atom. The van der Waals surface area contributed by atoms with Crippen molar-refractivity contribution in [3.63, 3.8) is 0 Å². The van der Waals surface area contributed by atoms with Gasteiger partial charge in [0.15, 0.2) is 0 Å². The summed E-state index contributed by atoms with van der Waals surface area (Å²) in [7, 11) is 0. The van der Waals surface area contributed by atoms with Crippen LogP contribution in [0, 0.1) is 12.7 Å². The van der Waals surface area contributed by atoms with Gasteiger partial charge in [0.1, 0.15) is 11.6 Å². The van der Waals surface area contributed by atoms with Crippen LogP contribution in [0.3, 0.4) is 0 Å². The summed E-state index contributed by atoms with van der Waals surface area (Å²) >= 11 is 0. The van der Waals surface area contributed by atoms with Gasteiger partial charge in [-0.3, -0.25) is 4.79 Å².